The van der Waals surface area contributed by atoms with Gasteiger partial charge in [0.05, 0.1) is 25.5 Å². The molecule has 0 aromatic heterocycles. The lowest BCUT2D eigenvalue weighted by Gasteiger charge is -2.12. The molecule has 0 heterocycles. The molecular weight excluding hydrogens is 224 g/mol. The lowest BCUT2D eigenvalue weighted by molar-refractivity contribution is -0.118. The van der Waals surface area contributed by atoms with E-state index in [2.05, 4.69) is 15.6 Å². The summed E-state index contributed by atoms with van der Waals surface area (Å²) in [5.74, 6) is -0.208. The molecule has 6 nitrogen and oxygen atoms in total. The molecule has 1 aromatic rings. The van der Waals surface area contributed by atoms with E-state index >= 15 is 0 Å². The van der Waals surface area contributed by atoms with Gasteiger partial charge in [0.25, 0.3) is 0 Å². The van der Waals surface area contributed by atoms with Crippen molar-refractivity contribution in [1.82, 2.24) is 5.43 Å². The van der Waals surface area contributed by atoms with Crippen LogP contribution in [0, 0.1) is 0 Å². The number of nitrogens with one attached hydrogen (secondary N) is 2. The summed E-state index contributed by atoms with van der Waals surface area (Å²) in [7, 11) is 2.79. The van der Waals surface area contributed by atoms with E-state index < -0.39 is 5.97 Å². The van der Waals surface area contributed by atoms with Gasteiger partial charge >= 0.3 is 5.97 Å². The van der Waals surface area contributed by atoms with Crippen LogP contribution in [0.3, 0.4) is 0 Å². The van der Waals surface area contributed by atoms with Crippen LogP contribution in [0.25, 0.3) is 0 Å². The molecule has 0 unspecified atom stereocenters. The van der Waals surface area contributed by atoms with Gasteiger partial charge in [0.15, 0.2) is 0 Å². The van der Waals surface area contributed by atoms with E-state index in [0.29, 0.717) is 17.0 Å². The number of hydrogen-bond donors (Lipinski definition) is 2. The number of hydrazine groups is 1. The first-order chi connectivity index (χ1) is 8.08. The van der Waals surface area contributed by atoms with Crippen molar-refractivity contribution in [3.05, 3.63) is 23.8 Å². The number of benzene rings is 1. The molecule has 0 saturated carbocycles. The Balaban J connectivity index is 2.97. The van der Waals surface area contributed by atoms with Gasteiger partial charge < -0.3 is 9.47 Å². The van der Waals surface area contributed by atoms with Gasteiger partial charge in [-0.15, -0.1) is 0 Å². The standard InChI is InChI=1S/C11H14N2O4/c1-7(14)12-13-9-6-8(11(15)17-3)4-5-10(9)16-2/h4-6,13H,1-3H3,(H,12,14). The highest BCUT2D eigenvalue weighted by atomic mass is 16.5. The number of anilines is 1. The van der Waals surface area contributed by atoms with Crippen molar-refractivity contribution in [2.75, 3.05) is 19.6 Å². The molecule has 0 bridgehead atoms. The zero-order valence-electron chi connectivity index (χ0n) is 9.87. The van der Waals surface area contributed by atoms with Crippen LogP contribution in [-0.2, 0) is 9.53 Å². The molecule has 0 saturated heterocycles. The Bertz CT molecular complexity index is 431. The maximum atomic E-state index is 11.3. The molecule has 1 rings (SSSR count). The summed E-state index contributed by atoms with van der Waals surface area (Å²) < 4.78 is 9.68. The summed E-state index contributed by atoms with van der Waals surface area (Å²) in [5, 5.41) is 0. The average Bonchev–Trinajstić information content (AvgIpc) is 2.34. The van der Waals surface area contributed by atoms with Crippen LogP contribution < -0.4 is 15.6 Å². The Morgan fingerprint density at radius 1 is 1.24 bits per heavy atom. The monoisotopic (exact) mass is 238 g/mol. The Labute approximate surface area is 98.9 Å². The van der Waals surface area contributed by atoms with Crippen molar-refractivity contribution in [2.24, 2.45) is 0 Å². The summed E-state index contributed by atoms with van der Waals surface area (Å²) in [5.41, 5.74) is 5.89. The molecule has 1 amide bonds. The molecule has 6 heteroatoms. The SMILES string of the molecule is COC(=O)c1ccc(OC)c(NNC(C)=O)c1. The predicted octanol–water partition coefficient (Wildman–Crippen LogP) is 0.945. The Hall–Kier alpha value is -2.24. The average molecular weight is 238 g/mol. The number of hydrogen-bond acceptors (Lipinski definition) is 5. The van der Waals surface area contributed by atoms with Gasteiger partial charge in [0.1, 0.15) is 5.75 Å². The van der Waals surface area contributed by atoms with Crippen LogP contribution in [0.5, 0.6) is 5.75 Å². The number of rotatable bonds is 4. The molecular formula is C11H14N2O4. The van der Waals surface area contributed by atoms with Gasteiger partial charge in [-0.05, 0) is 18.2 Å². The summed E-state index contributed by atoms with van der Waals surface area (Å²) in [6, 6.07) is 4.71. The highest BCUT2D eigenvalue weighted by Crippen LogP contribution is 2.24. The second kappa shape index (κ2) is 5.74. The van der Waals surface area contributed by atoms with Crippen molar-refractivity contribution in [2.45, 2.75) is 6.92 Å². The first kappa shape index (κ1) is 12.8. The van der Waals surface area contributed by atoms with E-state index in [1.165, 1.54) is 27.2 Å². The fraction of sp³-hybridized carbons (Fsp3) is 0.273. The van der Waals surface area contributed by atoms with E-state index in [9.17, 15) is 9.59 Å². The Morgan fingerprint density at radius 3 is 2.47 bits per heavy atom. The van der Waals surface area contributed by atoms with Crippen LogP contribution in [-0.4, -0.2) is 26.1 Å². The number of ether oxygens (including phenoxy) is 2. The number of carbonyl (C=O) groups is 2. The second-order valence-corrected chi connectivity index (χ2v) is 3.21. The zero-order valence-corrected chi connectivity index (χ0v) is 9.87. The van der Waals surface area contributed by atoms with Crippen LogP contribution >= 0.6 is 0 Å². The first-order valence-corrected chi connectivity index (χ1v) is 4.87. The van der Waals surface area contributed by atoms with Crippen LogP contribution in [0.2, 0.25) is 0 Å². The van der Waals surface area contributed by atoms with E-state index in [-0.39, 0.29) is 5.91 Å². The minimum Gasteiger partial charge on any atom is -0.495 e. The zero-order chi connectivity index (χ0) is 12.8. The number of esters is 1. The van der Waals surface area contributed by atoms with E-state index in [4.69, 9.17) is 4.74 Å². The van der Waals surface area contributed by atoms with Gasteiger partial charge in [0, 0.05) is 6.92 Å². The Morgan fingerprint density at radius 2 is 1.94 bits per heavy atom. The summed E-state index contributed by atoms with van der Waals surface area (Å²) in [6.07, 6.45) is 0. The summed E-state index contributed by atoms with van der Waals surface area (Å²) >= 11 is 0. The fourth-order valence-corrected chi connectivity index (χ4v) is 1.21. The molecule has 1 aromatic carbocycles. The van der Waals surface area contributed by atoms with Crippen molar-refractivity contribution >= 4 is 17.6 Å². The molecule has 0 aliphatic heterocycles. The van der Waals surface area contributed by atoms with Gasteiger partial charge in [0.2, 0.25) is 5.91 Å². The van der Waals surface area contributed by atoms with Gasteiger partial charge in [-0.1, -0.05) is 0 Å². The largest absolute Gasteiger partial charge is 0.495 e. The highest BCUT2D eigenvalue weighted by Gasteiger charge is 2.10. The molecule has 92 valence electrons. The molecule has 17 heavy (non-hydrogen) atoms. The first-order valence-electron chi connectivity index (χ1n) is 4.87. The number of carbonyl (C=O) groups excluding carboxylic acids is 2. The maximum Gasteiger partial charge on any atom is 0.337 e. The smallest absolute Gasteiger partial charge is 0.337 e. The summed E-state index contributed by atoms with van der Waals surface area (Å²) in [6.45, 7) is 1.36. The quantitative estimate of drug-likeness (QED) is 0.603. The van der Waals surface area contributed by atoms with Crippen molar-refractivity contribution in [3.8, 4) is 5.75 Å². The van der Waals surface area contributed by atoms with Gasteiger partial charge in [-0.2, -0.15) is 0 Å². The van der Waals surface area contributed by atoms with Crippen molar-refractivity contribution in [1.29, 1.82) is 0 Å². The minimum atomic E-state index is -0.460. The van der Waals surface area contributed by atoms with Crippen LogP contribution in [0.1, 0.15) is 17.3 Å². The lowest BCUT2D eigenvalue weighted by atomic mass is 10.2. The Kier molecular flexibility index (Phi) is 4.33. The molecule has 0 fully saturated rings. The van der Waals surface area contributed by atoms with Crippen LogP contribution in [0.4, 0.5) is 5.69 Å². The molecule has 0 aliphatic carbocycles. The molecule has 0 radical (unpaired) electrons. The van der Waals surface area contributed by atoms with E-state index in [1.54, 1.807) is 12.1 Å². The molecule has 0 aliphatic rings. The fourth-order valence-electron chi connectivity index (χ4n) is 1.21. The third-order valence-electron chi connectivity index (χ3n) is 1.99. The lowest BCUT2D eigenvalue weighted by Crippen LogP contribution is -2.26. The van der Waals surface area contributed by atoms with Crippen molar-refractivity contribution in [3.63, 3.8) is 0 Å². The third kappa shape index (κ3) is 3.37. The second-order valence-electron chi connectivity index (χ2n) is 3.21. The maximum absolute atomic E-state index is 11.3. The topological polar surface area (TPSA) is 76.7 Å². The minimum absolute atomic E-state index is 0.254. The van der Waals surface area contributed by atoms with E-state index in [0.717, 1.165) is 0 Å². The normalized spacial score (nSPS) is 9.35. The predicted molar refractivity (Wildman–Crippen MR) is 61.8 cm³/mol. The summed E-state index contributed by atoms with van der Waals surface area (Å²) in [4.78, 5) is 22.1. The van der Waals surface area contributed by atoms with Crippen molar-refractivity contribution < 1.29 is 19.1 Å². The molecule has 2 N–H and O–H groups in total. The number of methoxy groups -OCH3 is 2. The van der Waals surface area contributed by atoms with Gasteiger partial charge in [-0.3, -0.25) is 15.6 Å². The number of amides is 1. The van der Waals surface area contributed by atoms with Gasteiger partial charge in [-0.25, -0.2) is 4.79 Å². The highest BCUT2D eigenvalue weighted by molar-refractivity contribution is 5.91. The van der Waals surface area contributed by atoms with Crippen LogP contribution in [0.15, 0.2) is 18.2 Å². The third-order valence-corrected chi connectivity index (χ3v) is 1.99. The molecule has 0 spiro atoms. The van der Waals surface area contributed by atoms with E-state index in [1.807, 2.05) is 0 Å². The molecule has 0 atom stereocenters.